The Balaban J connectivity index is -0.000000220. The monoisotopic (exact) mass is 354 g/mol. The molecule has 0 bridgehead atoms. The fourth-order valence-corrected chi connectivity index (χ4v) is 0.625. The number of nitrogens with zero attached hydrogens (tertiary/aromatic N) is 1. The molecular formula is C11H24NW-3. The quantitative estimate of drug-likeness (QED) is 0.705. The predicted octanol–water partition coefficient (Wildman–Crippen LogP) is 2.98. The van der Waals surface area contributed by atoms with Crippen LogP contribution in [-0.2, 0) is 21.1 Å². The van der Waals surface area contributed by atoms with Crippen LogP contribution in [0.2, 0.25) is 0 Å². The van der Waals surface area contributed by atoms with Crippen LogP contribution in [-0.4, -0.2) is 24.0 Å². The van der Waals surface area contributed by atoms with E-state index in [-0.39, 0.29) is 21.1 Å². The van der Waals surface area contributed by atoms with Gasteiger partial charge in [-0.25, -0.2) is 0 Å². The van der Waals surface area contributed by atoms with E-state index in [0.717, 1.165) is 6.42 Å². The van der Waals surface area contributed by atoms with Crippen LogP contribution in [0.3, 0.4) is 0 Å². The maximum Gasteiger partial charge on any atom is 0.000884 e. The van der Waals surface area contributed by atoms with Gasteiger partial charge in [-0.15, -0.1) is 6.04 Å². The molecule has 0 rings (SSSR count). The molecule has 0 aliphatic rings. The summed E-state index contributed by atoms with van der Waals surface area (Å²) in [5.74, 6) is 0. The van der Waals surface area contributed by atoms with Gasteiger partial charge < -0.3 is 25.2 Å². The first-order valence-corrected chi connectivity index (χ1v) is 4.59. The Labute approximate surface area is 99.5 Å². The van der Waals surface area contributed by atoms with Gasteiger partial charge in [0.1, 0.15) is 0 Å². The molecule has 0 aromatic rings. The molecule has 1 unspecified atom stereocenters. The molecule has 82 valence electrons. The second kappa shape index (κ2) is 12.6. The van der Waals surface area contributed by atoms with Crippen LogP contribution >= 0.6 is 0 Å². The van der Waals surface area contributed by atoms with Crippen molar-refractivity contribution in [3.8, 4) is 0 Å². The maximum atomic E-state index is 3.94. The van der Waals surface area contributed by atoms with Crippen molar-refractivity contribution >= 4 is 0 Å². The average Bonchev–Trinajstić information content (AvgIpc) is 2.03. The summed E-state index contributed by atoms with van der Waals surface area (Å²) in [4.78, 5) is 2.22. The minimum absolute atomic E-state index is 0. The third kappa shape index (κ3) is 12.6. The van der Waals surface area contributed by atoms with Crippen molar-refractivity contribution in [2.24, 2.45) is 0 Å². The summed E-state index contributed by atoms with van der Waals surface area (Å²) in [6, 6.07) is 0.944. The van der Waals surface area contributed by atoms with E-state index in [1.165, 1.54) is 0 Å². The van der Waals surface area contributed by atoms with Gasteiger partial charge in [0.05, 0.1) is 0 Å². The first kappa shape index (κ1) is 19.3. The molecule has 0 saturated heterocycles. The number of rotatable bonds is 3. The van der Waals surface area contributed by atoms with E-state index in [1.54, 1.807) is 0 Å². The molecule has 0 aliphatic carbocycles. The van der Waals surface area contributed by atoms with Gasteiger partial charge in [-0.1, -0.05) is 0 Å². The van der Waals surface area contributed by atoms with E-state index in [2.05, 4.69) is 39.6 Å². The van der Waals surface area contributed by atoms with Crippen molar-refractivity contribution in [2.45, 2.75) is 46.2 Å². The van der Waals surface area contributed by atoms with Gasteiger partial charge in [0.25, 0.3) is 0 Å². The van der Waals surface area contributed by atoms with Gasteiger partial charge in [0.2, 0.25) is 0 Å². The second-order valence-electron chi connectivity index (χ2n) is 3.28. The summed E-state index contributed by atoms with van der Waals surface area (Å²) in [6.45, 7) is 16.0. The molecule has 0 aromatic heterocycles. The third-order valence-corrected chi connectivity index (χ3v) is 1.72. The van der Waals surface area contributed by atoms with Gasteiger partial charge in [0, 0.05) is 27.1 Å². The largest absolute Gasteiger partial charge is 0.344 e. The minimum Gasteiger partial charge on any atom is -0.344 e. The molecule has 0 aliphatic heterocycles. The average molecular weight is 354 g/mol. The first-order valence-electron chi connectivity index (χ1n) is 4.59. The Hall–Kier alpha value is 0.648. The number of hydrogen-bond acceptors (Lipinski definition) is 1. The molecule has 0 aromatic carbocycles. The van der Waals surface area contributed by atoms with Crippen molar-refractivity contribution in [3.63, 3.8) is 0 Å². The molecule has 0 saturated carbocycles. The van der Waals surface area contributed by atoms with E-state index < -0.39 is 0 Å². The van der Waals surface area contributed by atoms with Crippen LogP contribution in [0.4, 0.5) is 0 Å². The molecule has 0 fully saturated rings. The van der Waals surface area contributed by atoms with Crippen LogP contribution < -0.4 is 0 Å². The summed E-state index contributed by atoms with van der Waals surface area (Å²) in [6.07, 6.45) is 2.88. The zero-order valence-corrected chi connectivity index (χ0v) is 12.6. The van der Waals surface area contributed by atoms with Gasteiger partial charge in [0.15, 0.2) is 0 Å². The van der Waals surface area contributed by atoms with Crippen molar-refractivity contribution in [1.29, 1.82) is 0 Å². The molecule has 0 heterocycles. The van der Waals surface area contributed by atoms with E-state index in [4.69, 9.17) is 0 Å². The summed E-state index contributed by atoms with van der Waals surface area (Å²) in [5.41, 5.74) is 0. The topological polar surface area (TPSA) is 3.24 Å². The zero-order valence-electron chi connectivity index (χ0n) is 9.71. The van der Waals surface area contributed by atoms with E-state index in [9.17, 15) is 0 Å². The smallest absolute Gasteiger partial charge is 0.000884 e. The normalized spacial score (nSPS) is 11.8. The molecular weight excluding hydrogens is 330 g/mol. The minimum atomic E-state index is 0. The van der Waals surface area contributed by atoms with Crippen LogP contribution in [0.15, 0.2) is 0 Å². The molecule has 0 spiro atoms. The van der Waals surface area contributed by atoms with Gasteiger partial charge in [-0.05, 0) is 20.9 Å². The van der Waals surface area contributed by atoms with Crippen LogP contribution in [0.25, 0.3) is 0 Å². The Morgan fingerprint density at radius 1 is 1.31 bits per heavy atom. The fraction of sp³-hybridized carbons (Fsp3) is 0.727. The summed E-state index contributed by atoms with van der Waals surface area (Å²) < 4.78 is 0. The Morgan fingerprint density at radius 3 is 1.69 bits per heavy atom. The van der Waals surface area contributed by atoms with Crippen molar-refractivity contribution in [3.05, 3.63) is 20.3 Å². The van der Waals surface area contributed by atoms with Crippen molar-refractivity contribution < 1.29 is 21.1 Å². The molecule has 2 heteroatoms. The van der Waals surface area contributed by atoms with Crippen LogP contribution in [0.5, 0.6) is 0 Å². The van der Waals surface area contributed by atoms with E-state index in [0.29, 0.717) is 12.1 Å². The van der Waals surface area contributed by atoms with Crippen molar-refractivity contribution in [1.82, 2.24) is 4.90 Å². The van der Waals surface area contributed by atoms with Gasteiger partial charge in [-0.3, -0.25) is 0 Å². The van der Waals surface area contributed by atoms with E-state index >= 15 is 0 Å². The Morgan fingerprint density at radius 2 is 1.62 bits per heavy atom. The molecule has 13 heavy (non-hydrogen) atoms. The summed E-state index contributed by atoms with van der Waals surface area (Å²) in [5, 5.41) is 0. The summed E-state index contributed by atoms with van der Waals surface area (Å²) >= 11 is 0. The van der Waals surface area contributed by atoms with Gasteiger partial charge >= 0.3 is 0 Å². The SMILES string of the molecule is C[CH-]C.[CH2-]CC([CH2-])N(C)C(C)C.[W]. The Kier molecular flexibility index (Phi) is 18.7. The van der Waals surface area contributed by atoms with E-state index in [1.807, 2.05) is 20.3 Å². The van der Waals surface area contributed by atoms with Gasteiger partial charge in [-0.2, -0.15) is 20.3 Å². The van der Waals surface area contributed by atoms with Crippen LogP contribution in [0.1, 0.15) is 34.1 Å². The molecule has 1 atom stereocenters. The molecule has 1 nitrogen and oxygen atoms in total. The maximum absolute atomic E-state index is 3.94. The van der Waals surface area contributed by atoms with Crippen LogP contribution in [0, 0.1) is 20.3 Å². The predicted molar refractivity (Wildman–Crippen MR) is 57.7 cm³/mol. The zero-order chi connectivity index (χ0) is 10.1. The molecule has 0 N–H and O–H groups in total. The standard InChI is InChI=1S/C8H17N.C3H7.W/c1-6-8(4)9(5)7(2)3;1-3-2;/h7-8H,1,4,6H2,2-3,5H3;3H,1-2H3;/q-2;-1;. The fourth-order valence-electron chi connectivity index (χ4n) is 0.625. The summed E-state index contributed by atoms with van der Waals surface area (Å²) in [7, 11) is 2.08. The Bertz CT molecular complexity index is 84.2. The number of hydrogen-bond donors (Lipinski definition) is 0. The second-order valence-corrected chi connectivity index (χ2v) is 3.28. The third-order valence-electron chi connectivity index (χ3n) is 1.72. The molecule has 0 amide bonds. The van der Waals surface area contributed by atoms with Crippen molar-refractivity contribution in [2.75, 3.05) is 7.05 Å². The first-order chi connectivity index (χ1) is 5.51. The molecule has 0 radical (unpaired) electrons.